The molecule has 0 unspecified atom stereocenters. The maximum absolute atomic E-state index is 13.3. The Balaban J connectivity index is 1.38. The molecule has 0 saturated heterocycles. The zero-order valence-corrected chi connectivity index (χ0v) is 21.6. The van der Waals surface area contributed by atoms with E-state index in [2.05, 4.69) is 10.3 Å². The average molecular weight is 548 g/mol. The fourth-order valence-corrected chi connectivity index (χ4v) is 4.27. The van der Waals surface area contributed by atoms with E-state index in [1.807, 2.05) is 54.6 Å². The molecule has 7 nitrogen and oxygen atoms in total. The molecule has 0 saturated carbocycles. The van der Waals surface area contributed by atoms with Crippen LogP contribution in [0.5, 0.6) is 11.5 Å². The van der Waals surface area contributed by atoms with Gasteiger partial charge in [-0.25, -0.2) is 14.3 Å². The molecule has 0 spiro atoms. The second-order valence-corrected chi connectivity index (χ2v) is 9.29. The number of halogens is 2. The largest absolute Gasteiger partial charge is 0.508 e. The normalized spacial score (nSPS) is 11.0. The quantitative estimate of drug-likeness (QED) is 0.160. The van der Waals surface area contributed by atoms with Gasteiger partial charge in [0.1, 0.15) is 24.8 Å². The minimum Gasteiger partial charge on any atom is -0.508 e. The van der Waals surface area contributed by atoms with Crippen LogP contribution in [0.2, 0.25) is 10.0 Å². The van der Waals surface area contributed by atoms with E-state index in [1.54, 1.807) is 36.4 Å². The zero-order valence-electron chi connectivity index (χ0n) is 20.1. The molecule has 0 radical (unpaired) electrons. The summed E-state index contributed by atoms with van der Waals surface area (Å²) in [5, 5.41) is 13.4. The van der Waals surface area contributed by atoms with E-state index in [4.69, 9.17) is 32.7 Å². The van der Waals surface area contributed by atoms with Crippen molar-refractivity contribution in [2.45, 2.75) is 13.2 Å². The first-order valence-electron chi connectivity index (χ1n) is 11.8. The number of aromatic nitrogens is 2. The topological polar surface area (TPSA) is 85.6 Å². The standard InChI is InChI=1S/C29H23Cl2N3O4/c30-24-14-26-27(15-25(24)31)34(29(36)37-17-19-6-2-1-3-7-19)28(33-26)21-9-5-11-23(13-21)38-18-32-16-20-8-4-10-22(35)12-20/h1-15,32,35H,16-18H2. The number of carbonyl (C=O) groups excluding carboxylic acids is 1. The Bertz CT molecular complexity index is 1590. The van der Waals surface area contributed by atoms with Crippen LogP contribution in [-0.4, -0.2) is 27.5 Å². The smallest absolute Gasteiger partial charge is 0.420 e. The number of imidazole rings is 1. The summed E-state index contributed by atoms with van der Waals surface area (Å²) in [4.78, 5) is 18.0. The van der Waals surface area contributed by atoms with Crippen LogP contribution >= 0.6 is 23.2 Å². The Hall–Kier alpha value is -4.04. The highest BCUT2D eigenvalue weighted by atomic mass is 35.5. The molecular formula is C29H23Cl2N3O4. The molecule has 0 aliphatic heterocycles. The van der Waals surface area contributed by atoms with Gasteiger partial charge in [0.2, 0.25) is 0 Å². The summed E-state index contributed by atoms with van der Waals surface area (Å²) in [5.41, 5.74) is 3.43. The van der Waals surface area contributed by atoms with E-state index in [0.29, 0.717) is 44.8 Å². The van der Waals surface area contributed by atoms with E-state index in [9.17, 15) is 9.90 Å². The third-order valence-corrected chi connectivity index (χ3v) is 6.48. The van der Waals surface area contributed by atoms with Crippen molar-refractivity contribution in [3.63, 3.8) is 0 Å². The molecule has 0 bridgehead atoms. The monoisotopic (exact) mass is 547 g/mol. The number of phenols is 1. The first-order valence-corrected chi connectivity index (χ1v) is 12.5. The highest BCUT2D eigenvalue weighted by Gasteiger charge is 2.21. The number of benzene rings is 4. The van der Waals surface area contributed by atoms with Crippen LogP contribution in [0, 0.1) is 0 Å². The fourth-order valence-electron chi connectivity index (χ4n) is 3.96. The van der Waals surface area contributed by atoms with Gasteiger partial charge in [-0.15, -0.1) is 0 Å². The van der Waals surface area contributed by atoms with Gasteiger partial charge in [0.05, 0.1) is 21.1 Å². The number of fused-ring (bicyclic) bond motifs is 1. The molecule has 2 N–H and O–H groups in total. The van der Waals surface area contributed by atoms with E-state index in [0.717, 1.165) is 11.1 Å². The molecule has 0 amide bonds. The first kappa shape index (κ1) is 25.6. The van der Waals surface area contributed by atoms with Crippen molar-refractivity contribution in [1.29, 1.82) is 0 Å². The molecule has 5 aromatic rings. The molecule has 1 heterocycles. The lowest BCUT2D eigenvalue weighted by Gasteiger charge is -2.11. The highest BCUT2D eigenvalue weighted by Crippen LogP contribution is 2.32. The summed E-state index contributed by atoms with van der Waals surface area (Å²) in [6, 6.07) is 26.9. The Labute approximate surface area is 229 Å². The van der Waals surface area contributed by atoms with Gasteiger partial charge in [-0.05, 0) is 47.5 Å². The van der Waals surface area contributed by atoms with Crippen LogP contribution in [-0.2, 0) is 17.9 Å². The summed E-state index contributed by atoms with van der Waals surface area (Å²) in [6.07, 6.45) is -0.594. The average Bonchev–Trinajstić information content (AvgIpc) is 3.29. The lowest BCUT2D eigenvalue weighted by molar-refractivity contribution is 0.142. The number of ether oxygens (including phenoxy) is 2. The molecule has 192 valence electrons. The maximum atomic E-state index is 13.3. The van der Waals surface area contributed by atoms with Gasteiger partial charge in [0, 0.05) is 12.1 Å². The number of hydrogen-bond acceptors (Lipinski definition) is 6. The van der Waals surface area contributed by atoms with Crippen molar-refractivity contribution >= 4 is 40.3 Å². The van der Waals surface area contributed by atoms with Crippen LogP contribution in [0.1, 0.15) is 11.1 Å². The predicted octanol–water partition coefficient (Wildman–Crippen LogP) is 7.03. The molecule has 0 aliphatic rings. The molecule has 9 heteroatoms. The van der Waals surface area contributed by atoms with Crippen LogP contribution in [0.15, 0.2) is 91.0 Å². The Morgan fingerprint density at radius 2 is 1.66 bits per heavy atom. The van der Waals surface area contributed by atoms with Crippen molar-refractivity contribution in [1.82, 2.24) is 14.9 Å². The summed E-state index contributed by atoms with van der Waals surface area (Å²) in [5.74, 6) is 1.17. The number of aromatic hydroxyl groups is 1. The summed E-state index contributed by atoms with van der Waals surface area (Å²) >= 11 is 12.5. The van der Waals surface area contributed by atoms with Crippen LogP contribution in [0.4, 0.5) is 4.79 Å². The number of carbonyl (C=O) groups is 1. The summed E-state index contributed by atoms with van der Waals surface area (Å²) in [6.45, 7) is 0.868. The van der Waals surface area contributed by atoms with Crippen molar-refractivity contribution in [2.75, 3.05) is 6.73 Å². The van der Waals surface area contributed by atoms with Crippen molar-refractivity contribution in [3.8, 4) is 22.9 Å². The zero-order chi connectivity index (χ0) is 26.5. The fraction of sp³-hybridized carbons (Fsp3) is 0.103. The minimum atomic E-state index is -0.594. The molecule has 1 aromatic heterocycles. The van der Waals surface area contributed by atoms with Gasteiger partial charge in [0.15, 0.2) is 5.82 Å². The molecule has 0 fully saturated rings. The molecule has 0 atom stereocenters. The summed E-state index contributed by atoms with van der Waals surface area (Å²) < 4.78 is 12.9. The van der Waals surface area contributed by atoms with Crippen LogP contribution in [0.3, 0.4) is 0 Å². The predicted molar refractivity (Wildman–Crippen MR) is 148 cm³/mol. The lowest BCUT2D eigenvalue weighted by atomic mass is 10.2. The number of nitrogens with zero attached hydrogens (tertiary/aromatic N) is 2. The van der Waals surface area contributed by atoms with Gasteiger partial charge >= 0.3 is 6.09 Å². The Morgan fingerprint density at radius 1 is 0.895 bits per heavy atom. The van der Waals surface area contributed by atoms with Crippen molar-refractivity contribution in [3.05, 3.63) is 112 Å². The van der Waals surface area contributed by atoms with Crippen molar-refractivity contribution < 1.29 is 19.4 Å². The van der Waals surface area contributed by atoms with Gasteiger partial charge in [-0.3, -0.25) is 5.32 Å². The number of hydrogen-bond donors (Lipinski definition) is 2. The number of rotatable bonds is 8. The van der Waals surface area contributed by atoms with E-state index < -0.39 is 6.09 Å². The van der Waals surface area contributed by atoms with Gasteiger partial charge < -0.3 is 14.6 Å². The first-order chi connectivity index (χ1) is 18.5. The van der Waals surface area contributed by atoms with E-state index >= 15 is 0 Å². The van der Waals surface area contributed by atoms with E-state index in [1.165, 1.54) is 4.57 Å². The number of nitrogens with one attached hydrogen (secondary N) is 1. The van der Waals surface area contributed by atoms with E-state index in [-0.39, 0.29) is 19.1 Å². The SMILES string of the molecule is O=C(OCc1ccccc1)n1c(-c2cccc(OCNCc3cccc(O)c3)c2)nc2cc(Cl)c(Cl)cc21. The second kappa shape index (κ2) is 11.6. The van der Waals surface area contributed by atoms with Gasteiger partial charge in [-0.2, -0.15) is 0 Å². The summed E-state index contributed by atoms with van der Waals surface area (Å²) in [7, 11) is 0. The van der Waals surface area contributed by atoms with Crippen LogP contribution < -0.4 is 10.1 Å². The number of phenolic OH excluding ortho intramolecular Hbond substituents is 1. The third kappa shape index (κ3) is 5.92. The molecule has 5 rings (SSSR count). The third-order valence-electron chi connectivity index (χ3n) is 5.76. The highest BCUT2D eigenvalue weighted by molar-refractivity contribution is 6.42. The minimum absolute atomic E-state index is 0.105. The second-order valence-electron chi connectivity index (χ2n) is 8.48. The molecule has 0 aliphatic carbocycles. The molecule has 4 aromatic carbocycles. The molecular weight excluding hydrogens is 525 g/mol. The van der Waals surface area contributed by atoms with Gasteiger partial charge in [0.25, 0.3) is 0 Å². The molecule has 38 heavy (non-hydrogen) atoms. The maximum Gasteiger partial charge on any atom is 0.420 e. The Kier molecular flexibility index (Phi) is 7.79. The lowest BCUT2D eigenvalue weighted by Crippen LogP contribution is -2.19. The van der Waals surface area contributed by atoms with Crippen LogP contribution in [0.25, 0.3) is 22.4 Å². The van der Waals surface area contributed by atoms with Crippen molar-refractivity contribution in [2.24, 2.45) is 0 Å². The van der Waals surface area contributed by atoms with Gasteiger partial charge in [-0.1, -0.05) is 77.8 Å². The Morgan fingerprint density at radius 3 is 2.47 bits per heavy atom.